The van der Waals surface area contributed by atoms with E-state index in [1.165, 1.54) is 0 Å². The zero-order valence-corrected chi connectivity index (χ0v) is 15.7. The summed E-state index contributed by atoms with van der Waals surface area (Å²) in [6.45, 7) is 6.45. The standard InChI is InChI=1S/C17H26N4O3.ClH/c1-11-15(24-12(2)20-11)17(23)21-8-4-5-13(10-21)9-19-16(22)14-6-3-7-18-14;/h13-14,18H,3-10H2,1-2H3,(H,19,22);1H. The van der Waals surface area contributed by atoms with Crippen molar-refractivity contribution in [1.82, 2.24) is 20.5 Å². The molecule has 2 fully saturated rings. The number of aromatic nitrogens is 1. The van der Waals surface area contributed by atoms with Crippen LogP contribution in [0, 0.1) is 19.8 Å². The molecule has 0 aromatic carbocycles. The Morgan fingerprint density at radius 3 is 2.76 bits per heavy atom. The number of rotatable bonds is 4. The number of nitrogens with one attached hydrogen (secondary N) is 2. The first kappa shape index (κ1) is 19.7. The summed E-state index contributed by atoms with van der Waals surface area (Å²) >= 11 is 0. The van der Waals surface area contributed by atoms with Crippen molar-refractivity contribution < 1.29 is 14.0 Å². The van der Waals surface area contributed by atoms with Crippen LogP contribution in [0.5, 0.6) is 0 Å². The summed E-state index contributed by atoms with van der Waals surface area (Å²) in [5, 5.41) is 6.24. The SMILES string of the molecule is Cc1nc(C)c(C(=O)N2CCCC(CNC(=O)C3CCCN3)C2)o1.Cl. The van der Waals surface area contributed by atoms with Crippen molar-refractivity contribution in [3.63, 3.8) is 0 Å². The summed E-state index contributed by atoms with van der Waals surface area (Å²) < 4.78 is 5.45. The van der Waals surface area contributed by atoms with Crippen molar-refractivity contribution in [1.29, 1.82) is 0 Å². The van der Waals surface area contributed by atoms with E-state index in [2.05, 4.69) is 15.6 Å². The highest BCUT2D eigenvalue weighted by Crippen LogP contribution is 2.20. The Balaban J connectivity index is 0.00000225. The maximum atomic E-state index is 12.6. The van der Waals surface area contributed by atoms with Gasteiger partial charge < -0.3 is 20.0 Å². The van der Waals surface area contributed by atoms with Crippen molar-refractivity contribution in [2.75, 3.05) is 26.2 Å². The number of amides is 2. The summed E-state index contributed by atoms with van der Waals surface area (Å²) in [4.78, 5) is 30.7. The highest BCUT2D eigenvalue weighted by atomic mass is 35.5. The first-order valence-electron chi connectivity index (χ1n) is 8.79. The van der Waals surface area contributed by atoms with Crippen molar-refractivity contribution in [2.45, 2.75) is 45.6 Å². The molecule has 3 rings (SSSR count). The highest BCUT2D eigenvalue weighted by molar-refractivity contribution is 5.92. The summed E-state index contributed by atoms with van der Waals surface area (Å²) in [6, 6.07) is -0.0499. The zero-order valence-electron chi connectivity index (χ0n) is 14.8. The topological polar surface area (TPSA) is 87.5 Å². The predicted molar refractivity (Wildman–Crippen MR) is 95.9 cm³/mol. The van der Waals surface area contributed by atoms with Gasteiger partial charge in [0.2, 0.25) is 11.7 Å². The van der Waals surface area contributed by atoms with Gasteiger partial charge in [-0.3, -0.25) is 9.59 Å². The van der Waals surface area contributed by atoms with Gasteiger partial charge in [-0.25, -0.2) is 4.98 Å². The molecule has 2 atom stereocenters. The van der Waals surface area contributed by atoms with Crippen LogP contribution < -0.4 is 10.6 Å². The number of carbonyl (C=O) groups excluding carboxylic acids is 2. The number of likely N-dealkylation sites (tertiary alicyclic amines) is 1. The Morgan fingerprint density at radius 1 is 1.32 bits per heavy atom. The maximum Gasteiger partial charge on any atom is 0.291 e. The van der Waals surface area contributed by atoms with Crippen molar-refractivity contribution >= 4 is 24.2 Å². The molecule has 2 N–H and O–H groups in total. The highest BCUT2D eigenvalue weighted by Gasteiger charge is 2.29. The van der Waals surface area contributed by atoms with Crippen LogP contribution in [0.25, 0.3) is 0 Å². The van der Waals surface area contributed by atoms with Crippen LogP contribution >= 0.6 is 12.4 Å². The Hall–Kier alpha value is -1.60. The van der Waals surface area contributed by atoms with Crippen molar-refractivity contribution in [3.8, 4) is 0 Å². The lowest BCUT2D eigenvalue weighted by Gasteiger charge is -2.32. The van der Waals surface area contributed by atoms with E-state index in [9.17, 15) is 9.59 Å². The molecule has 3 heterocycles. The molecular formula is C17H27ClN4O3. The van der Waals surface area contributed by atoms with E-state index in [-0.39, 0.29) is 36.2 Å². The lowest BCUT2D eigenvalue weighted by molar-refractivity contribution is -0.123. The van der Waals surface area contributed by atoms with Crippen LogP contribution in [0.15, 0.2) is 4.42 Å². The van der Waals surface area contributed by atoms with E-state index >= 15 is 0 Å². The molecule has 2 amide bonds. The van der Waals surface area contributed by atoms with E-state index < -0.39 is 0 Å². The molecule has 25 heavy (non-hydrogen) atoms. The van der Waals surface area contributed by atoms with Gasteiger partial charge in [0.05, 0.1) is 11.7 Å². The Bertz CT molecular complexity index is 613. The maximum absolute atomic E-state index is 12.6. The number of oxazole rings is 1. The first-order valence-corrected chi connectivity index (χ1v) is 8.79. The van der Waals surface area contributed by atoms with Crippen LogP contribution in [0.4, 0.5) is 0 Å². The van der Waals surface area contributed by atoms with Gasteiger partial charge in [0, 0.05) is 26.6 Å². The molecular weight excluding hydrogens is 344 g/mol. The fourth-order valence-corrected chi connectivity index (χ4v) is 3.57. The van der Waals surface area contributed by atoms with E-state index in [1.807, 2.05) is 4.90 Å². The lowest BCUT2D eigenvalue weighted by atomic mass is 9.97. The molecule has 0 spiro atoms. The average molecular weight is 371 g/mol. The molecule has 2 aliphatic rings. The summed E-state index contributed by atoms with van der Waals surface area (Å²) in [7, 11) is 0. The van der Waals surface area contributed by atoms with Gasteiger partial charge in [0.25, 0.3) is 5.91 Å². The minimum Gasteiger partial charge on any atom is -0.436 e. The van der Waals surface area contributed by atoms with Gasteiger partial charge in [0.1, 0.15) is 0 Å². The molecule has 0 radical (unpaired) electrons. The Labute approximate surface area is 154 Å². The van der Waals surface area contributed by atoms with Gasteiger partial charge in [-0.1, -0.05) is 0 Å². The molecule has 2 saturated heterocycles. The third-order valence-corrected chi connectivity index (χ3v) is 4.85. The minimum absolute atomic E-state index is 0. The minimum atomic E-state index is -0.0958. The van der Waals surface area contributed by atoms with Gasteiger partial charge in [-0.2, -0.15) is 0 Å². The first-order chi connectivity index (χ1) is 11.5. The molecule has 7 nitrogen and oxygen atoms in total. The Morgan fingerprint density at radius 2 is 2.12 bits per heavy atom. The van der Waals surface area contributed by atoms with Gasteiger partial charge in [0.15, 0.2) is 5.89 Å². The molecule has 0 aliphatic carbocycles. The molecule has 0 bridgehead atoms. The predicted octanol–water partition coefficient (Wildman–Crippen LogP) is 1.43. The molecule has 1 aromatic rings. The molecule has 0 saturated carbocycles. The van der Waals surface area contributed by atoms with E-state index in [0.717, 1.165) is 38.8 Å². The molecule has 140 valence electrons. The number of hydrogen-bond acceptors (Lipinski definition) is 5. The summed E-state index contributed by atoms with van der Waals surface area (Å²) in [5.41, 5.74) is 0.639. The lowest BCUT2D eigenvalue weighted by Crippen LogP contribution is -2.46. The third kappa shape index (κ3) is 4.73. The zero-order chi connectivity index (χ0) is 17.1. The quantitative estimate of drug-likeness (QED) is 0.837. The fourth-order valence-electron chi connectivity index (χ4n) is 3.57. The molecule has 2 aliphatic heterocycles. The number of halogens is 1. The normalized spacial score (nSPS) is 23.2. The Kier molecular flexibility index (Phi) is 6.84. The monoisotopic (exact) mass is 370 g/mol. The van der Waals surface area contributed by atoms with Gasteiger partial charge >= 0.3 is 0 Å². The van der Waals surface area contributed by atoms with Crippen LogP contribution in [0.1, 0.15) is 47.8 Å². The summed E-state index contributed by atoms with van der Waals surface area (Å²) in [5.74, 6) is 1.13. The fraction of sp³-hybridized carbons (Fsp3) is 0.706. The van der Waals surface area contributed by atoms with E-state index in [4.69, 9.17) is 4.42 Å². The second-order valence-electron chi connectivity index (χ2n) is 6.80. The van der Waals surface area contributed by atoms with Gasteiger partial charge in [-0.15, -0.1) is 12.4 Å². The number of aryl methyl sites for hydroxylation is 2. The number of piperidine rings is 1. The average Bonchev–Trinajstić information content (AvgIpc) is 3.22. The van der Waals surface area contributed by atoms with Crippen molar-refractivity contribution in [3.05, 3.63) is 17.3 Å². The molecule has 8 heteroatoms. The van der Waals surface area contributed by atoms with Crippen molar-refractivity contribution in [2.24, 2.45) is 5.92 Å². The molecule has 1 aromatic heterocycles. The number of carbonyl (C=O) groups is 2. The number of hydrogen-bond donors (Lipinski definition) is 2. The smallest absolute Gasteiger partial charge is 0.291 e. The van der Waals surface area contributed by atoms with Gasteiger partial charge in [-0.05, 0) is 45.1 Å². The second-order valence-corrected chi connectivity index (χ2v) is 6.80. The summed E-state index contributed by atoms with van der Waals surface area (Å²) in [6.07, 6.45) is 3.93. The largest absolute Gasteiger partial charge is 0.436 e. The van der Waals surface area contributed by atoms with E-state index in [0.29, 0.717) is 30.4 Å². The van der Waals surface area contributed by atoms with Crippen LogP contribution in [-0.4, -0.2) is 53.9 Å². The van der Waals surface area contributed by atoms with Crippen LogP contribution in [0.3, 0.4) is 0 Å². The number of nitrogens with zero attached hydrogens (tertiary/aromatic N) is 2. The van der Waals surface area contributed by atoms with Crippen LogP contribution in [-0.2, 0) is 4.79 Å². The van der Waals surface area contributed by atoms with Crippen LogP contribution in [0.2, 0.25) is 0 Å². The van der Waals surface area contributed by atoms with E-state index in [1.54, 1.807) is 13.8 Å². The second kappa shape index (κ2) is 8.67. The molecule has 2 unspecified atom stereocenters. The third-order valence-electron chi connectivity index (χ3n) is 4.85.